The van der Waals surface area contributed by atoms with Crippen molar-refractivity contribution >= 4 is 44.7 Å². The van der Waals surface area contributed by atoms with E-state index in [1.54, 1.807) is 0 Å². The number of benzene rings is 1. The van der Waals surface area contributed by atoms with Gasteiger partial charge in [0.25, 0.3) is 5.69 Å². The Kier molecular flexibility index (Phi) is 4.01. The van der Waals surface area contributed by atoms with Crippen molar-refractivity contribution in [1.29, 1.82) is 0 Å². The van der Waals surface area contributed by atoms with Crippen molar-refractivity contribution in [3.05, 3.63) is 55.6 Å². The Morgan fingerprint density at radius 3 is 2.84 bits per heavy atom. The summed E-state index contributed by atoms with van der Waals surface area (Å²) < 4.78 is 0.874. The first-order valence-corrected chi connectivity index (χ1v) is 6.48. The zero-order valence-corrected chi connectivity index (χ0v) is 12.2. The molecule has 7 heteroatoms. The van der Waals surface area contributed by atoms with Gasteiger partial charge in [0.05, 0.1) is 22.7 Å². The molecular formula is C12H9BrClN3O2. The Morgan fingerprint density at radius 2 is 2.16 bits per heavy atom. The second-order valence-electron chi connectivity index (χ2n) is 3.85. The average molecular weight is 343 g/mol. The Hall–Kier alpha value is -1.66. The van der Waals surface area contributed by atoms with E-state index in [1.165, 1.54) is 12.1 Å². The number of pyridine rings is 1. The Balaban J connectivity index is 2.38. The van der Waals surface area contributed by atoms with Gasteiger partial charge < -0.3 is 5.32 Å². The molecular weight excluding hydrogens is 334 g/mol. The van der Waals surface area contributed by atoms with Crippen LogP contribution in [0.1, 0.15) is 5.56 Å². The molecule has 0 bridgehead atoms. The third kappa shape index (κ3) is 3.21. The van der Waals surface area contributed by atoms with Gasteiger partial charge in [-0.2, -0.15) is 0 Å². The highest BCUT2D eigenvalue weighted by Crippen LogP contribution is 2.29. The minimum absolute atomic E-state index is 0.0699. The molecule has 1 N–H and O–H groups in total. The van der Waals surface area contributed by atoms with Gasteiger partial charge in [0, 0.05) is 4.47 Å². The lowest BCUT2D eigenvalue weighted by Crippen LogP contribution is -1.97. The molecule has 1 aromatic heterocycles. The monoisotopic (exact) mass is 341 g/mol. The molecule has 5 nitrogen and oxygen atoms in total. The van der Waals surface area contributed by atoms with Gasteiger partial charge in [-0.15, -0.1) is 0 Å². The maximum Gasteiger partial charge on any atom is 0.276 e. The summed E-state index contributed by atoms with van der Waals surface area (Å²) in [5.41, 5.74) is 1.71. The SMILES string of the molecule is Cc1cccc(Nc2cc([N+](=O)[O-])cc(Cl)n2)c1Br. The van der Waals surface area contributed by atoms with Gasteiger partial charge >= 0.3 is 0 Å². The number of aromatic nitrogens is 1. The van der Waals surface area contributed by atoms with Crippen molar-refractivity contribution in [2.24, 2.45) is 0 Å². The summed E-state index contributed by atoms with van der Waals surface area (Å²) >= 11 is 9.21. The molecule has 0 unspecified atom stereocenters. The number of hydrogen-bond acceptors (Lipinski definition) is 4. The molecule has 2 aromatic rings. The largest absolute Gasteiger partial charge is 0.339 e. The molecule has 0 spiro atoms. The summed E-state index contributed by atoms with van der Waals surface area (Å²) in [6.45, 7) is 1.95. The first kappa shape index (κ1) is 13.8. The fraction of sp³-hybridized carbons (Fsp3) is 0.0833. The Labute approximate surface area is 122 Å². The quantitative estimate of drug-likeness (QED) is 0.508. The van der Waals surface area contributed by atoms with Crippen molar-refractivity contribution < 1.29 is 4.92 Å². The molecule has 98 valence electrons. The van der Waals surface area contributed by atoms with Gasteiger partial charge in [0.1, 0.15) is 11.0 Å². The van der Waals surface area contributed by atoms with Crippen LogP contribution < -0.4 is 5.32 Å². The van der Waals surface area contributed by atoms with Crippen LogP contribution in [0.25, 0.3) is 0 Å². The van der Waals surface area contributed by atoms with Gasteiger partial charge in [-0.25, -0.2) is 4.98 Å². The molecule has 0 amide bonds. The number of hydrogen-bond donors (Lipinski definition) is 1. The second-order valence-corrected chi connectivity index (χ2v) is 5.03. The lowest BCUT2D eigenvalue weighted by atomic mass is 10.2. The van der Waals surface area contributed by atoms with E-state index in [1.807, 2.05) is 25.1 Å². The van der Waals surface area contributed by atoms with Gasteiger partial charge in [0.2, 0.25) is 0 Å². The van der Waals surface area contributed by atoms with E-state index in [0.717, 1.165) is 15.7 Å². The summed E-state index contributed by atoms with van der Waals surface area (Å²) in [7, 11) is 0. The second kappa shape index (κ2) is 5.54. The predicted octanol–water partition coefficient (Wildman–Crippen LogP) is 4.46. The summed E-state index contributed by atoms with van der Waals surface area (Å²) in [4.78, 5) is 14.3. The minimum atomic E-state index is -0.510. The number of rotatable bonds is 3. The van der Waals surface area contributed by atoms with Gasteiger partial charge in [-0.3, -0.25) is 10.1 Å². The maximum atomic E-state index is 10.8. The third-order valence-electron chi connectivity index (χ3n) is 2.44. The average Bonchev–Trinajstić information content (AvgIpc) is 2.34. The lowest BCUT2D eigenvalue weighted by Gasteiger charge is -2.09. The predicted molar refractivity (Wildman–Crippen MR) is 78.1 cm³/mol. The summed E-state index contributed by atoms with van der Waals surface area (Å²) in [5, 5.41) is 13.8. The molecule has 0 aliphatic rings. The lowest BCUT2D eigenvalue weighted by molar-refractivity contribution is -0.384. The molecule has 2 rings (SSSR count). The highest BCUT2D eigenvalue weighted by molar-refractivity contribution is 9.10. The molecule has 1 heterocycles. The zero-order chi connectivity index (χ0) is 14.0. The number of nitrogens with one attached hydrogen (secondary N) is 1. The van der Waals surface area contributed by atoms with E-state index in [0.29, 0.717) is 5.82 Å². The molecule has 1 aromatic carbocycles. The smallest absolute Gasteiger partial charge is 0.276 e. The number of anilines is 2. The van der Waals surface area contributed by atoms with E-state index < -0.39 is 4.92 Å². The molecule has 0 radical (unpaired) electrons. The van der Waals surface area contributed by atoms with Crippen molar-refractivity contribution in [3.63, 3.8) is 0 Å². The highest BCUT2D eigenvalue weighted by Gasteiger charge is 2.11. The van der Waals surface area contributed by atoms with Crippen LogP contribution in [0.15, 0.2) is 34.8 Å². The van der Waals surface area contributed by atoms with Crippen LogP contribution in [-0.2, 0) is 0 Å². The van der Waals surface area contributed by atoms with Crippen LogP contribution in [0, 0.1) is 17.0 Å². The van der Waals surface area contributed by atoms with Crippen molar-refractivity contribution in [3.8, 4) is 0 Å². The van der Waals surface area contributed by atoms with Crippen LogP contribution >= 0.6 is 27.5 Å². The number of nitrogens with zero attached hydrogens (tertiary/aromatic N) is 2. The van der Waals surface area contributed by atoms with E-state index in [-0.39, 0.29) is 10.8 Å². The third-order valence-corrected chi connectivity index (χ3v) is 3.69. The van der Waals surface area contributed by atoms with Crippen molar-refractivity contribution in [2.45, 2.75) is 6.92 Å². The standard InChI is InChI=1S/C12H9BrClN3O2/c1-7-3-2-4-9(12(7)13)15-11-6-8(17(18)19)5-10(14)16-11/h2-6H,1H3,(H,15,16). The molecule has 0 saturated heterocycles. The topological polar surface area (TPSA) is 68.1 Å². The van der Waals surface area contributed by atoms with E-state index in [9.17, 15) is 10.1 Å². The van der Waals surface area contributed by atoms with Crippen LogP contribution in [0.2, 0.25) is 5.15 Å². The molecule has 0 aliphatic carbocycles. The van der Waals surface area contributed by atoms with E-state index in [2.05, 4.69) is 26.2 Å². The maximum absolute atomic E-state index is 10.8. The number of nitro groups is 1. The fourth-order valence-corrected chi connectivity index (χ4v) is 2.10. The molecule has 19 heavy (non-hydrogen) atoms. The number of halogens is 2. The van der Waals surface area contributed by atoms with Gasteiger partial charge in [-0.1, -0.05) is 23.7 Å². The van der Waals surface area contributed by atoms with Crippen LogP contribution in [0.5, 0.6) is 0 Å². The van der Waals surface area contributed by atoms with Crippen LogP contribution in [0.3, 0.4) is 0 Å². The first-order chi connectivity index (χ1) is 8.97. The molecule has 0 fully saturated rings. The fourth-order valence-electron chi connectivity index (χ4n) is 1.53. The minimum Gasteiger partial charge on any atom is -0.339 e. The summed E-state index contributed by atoms with van der Waals surface area (Å²) in [6, 6.07) is 8.20. The zero-order valence-electron chi connectivity index (χ0n) is 9.85. The Bertz CT molecular complexity index is 649. The van der Waals surface area contributed by atoms with E-state index in [4.69, 9.17) is 11.6 Å². The number of aryl methyl sites for hydroxylation is 1. The van der Waals surface area contributed by atoms with Gasteiger partial charge in [0.15, 0.2) is 0 Å². The van der Waals surface area contributed by atoms with E-state index >= 15 is 0 Å². The molecule has 0 saturated carbocycles. The van der Waals surface area contributed by atoms with Crippen molar-refractivity contribution in [1.82, 2.24) is 4.98 Å². The van der Waals surface area contributed by atoms with Gasteiger partial charge in [-0.05, 0) is 34.5 Å². The van der Waals surface area contributed by atoms with Crippen molar-refractivity contribution in [2.75, 3.05) is 5.32 Å². The highest BCUT2D eigenvalue weighted by atomic mass is 79.9. The summed E-state index contributed by atoms with van der Waals surface area (Å²) in [6.07, 6.45) is 0. The van der Waals surface area contributed by atoms with Crippen LogP contribution in [-0.4, -0.2) is 9.91 Å². The normalized spacial score (nSPS) is 10.3. The first-order valence-electron chi connectivity index (χ1n) is 5.31. The van der Waals surface area contributed by atoms with Crippen LogP contribution in [0.4, 0.5) is 17.2 Å². The molecule has 0 aliphatic heterocycles. The Morgan fingerprint density at radius 1 is 1.42 bits per heavy atom. The summed E-state index contributed by atoms with van der Waals surface area (Å²) in [5.74, 6) is 0.325. The molecule has 0 atom stereocenters.